The van der Waals surface area contributed by atoms with Crippen molar-refractivity contribution in [2.45, 2.75) is 45.4 Å². The molecule has 1 aromatic rings. The SMILES string of the molecule is CC(C)C(N)C(=O)NCC1CCCN1C(=O)OCc1ccccc1. The van der Waals surface area contributed by atoms with E-state index in [0.717, 1.165) is 18.4 Å². The molecule has 2 rings (SSSR count). The van der Waals surface area contributed by atoms with Crippen molar-refractivity contribution < 1.29 is 14.3 Å². The summed E-state index contributed by atoms with van der Waals surface area (Å²) in [6.07, 6.45) is 1.44. The number of rotatable bonds is 6. The van der Waals surface area contributed by atoms with E-state index in [9.17, 15) is 9.59 Å². The van der Waals surface area contributed by atoms with Crippen LogP contribution < -0.4 is 11.1 Å². The molecule has 24 heavy (non-hydrogen) atoms. The van der Waals surface area contributed by atoms with Crippen LogP contribution in [0.1, 0.15) is 32.3 Å². The highest BCUT2D eigenvalue weighted by molar-refractivity contribution is 5.81. The van der Waals surface area contributed by atoms with Gasteiger partial charge in [-0.25, -0.2) is 4.79 Å². The lowest BCUT2D eigenvalue weighted by Crippen LogP contribution is -2.49. The number of nitrogens with one attached hydrogen (secondary N) is 1. The van der Waals surface area contributed by atoms with E-state index in [-0.39, 0.29) is 30.6 Å². The molecule has 2 atom stereocenters. The van der Waals surface area contributed by atoms with Gasteiger partial charge in [-0.3, -0.25) is 4.79 Å². The molecule has 1 heterocycles. The van der Waals surface area contributed by atoms with E-state index in [1.54, 1.807) is 4.90 Å². The van der Waals surface area contributed by atoms with Gasteiger partial charge in [-0.1, -0.05) is 44.2 Å². The van der Waals surface area contributed by atoms with Crippen LogP contribution in [0.3, 0.4) is 0 Å². The van der Waals surface area contributed by atoms with Crippen LogP contribution in [0.4, 0.5) is 4.79 Å². The third kappa shape index (κ3) is 4.96. The standard InChI is InChI=1S/C18H27N3O3/c1-13(2)16(19)17(22)20-11-15-9-6-10-21(15)18(23)24-12-14-7-4-3-5-8-14/h3-5,7-8,13,15-16H,6,9-12,19H2,1-2H3,(H,20,22). The van der Waals surface area contributed by atoms with Crippen molar-refractivity contribution in [3.63, 3.8) is 0 Å². The van der Waals surface area contributed by atoms with E-state index in [1.807, 2.05) is 44.2 Å². The van der Waals surface area contributed by atoms with E-state index < -0.39 is 6.04 Å². The summed E-state index contributed by atoms with van der Waals surface area (Å²) in [5.41, 5.74) is 6.79. The summed E-state index contributed by atoms with van der Waals surface area (Å²) in [6.45, 7) is 5.15. The fourth-order valence-corrected chi connectivity index (χ4v) is 2.73. The first-order valence-electron chi connectivity index (χ1n) is 8.49. The molecule has 0 radical (unpaired) electrons. The van der Waals surface area contributed by atoms with Crippen LogP contribution in [-0.2, 0) is 16.1 Å². The number of amides is 2. The molecule has 1 saturated heterocycles. The molecule has 2 unspecified atom stereocenters. The first-order chi connectivity index (χ1) is 11.5. The number of carbonyl (C=O) groups excluding carboxylic acids is 2. The lowest BCUT2D eigenvalue weighted by Gasteiger charge is -2.25. The Hall–Kier alpha value is -2.08. The van der Waals surface area contributed by atoms with Crippen molar-refractivity contribution in [3.8, 4) is 0 Å². The van der Waals surface area contributed by atoms with Gasteiger partial charge in [-0.2, -0.15) is 0 Å². The van der Waals surface area contributed by atoms with Gasteiger partial charge in [-0.15, -0.1) is 0 Å². The monoisotopic (exact) mass is 333 g/mol. The molecule has 2 amide bonds. The molecular weight excluding hydrogens is 306 g/mol. The third-order valence-corrected chi connectivity index (χ3v) is 4.35. The Morgan fingerprint density at radius 2 is 2.04 bits per heavy atom. The van der Waals surface area contributed by atoms with Crippen LogP contribution in [0.2, 0.25) is 0 Å². The summed E-state index contributed by atoms with van der Waals surface area (Å²) in [5.74, 6) is -0.0879. The topological polar surface area (TPSA) is 84.7 Å². The smallest absolute Gasteiger partial charge is 0.410 e. The second kappa shape index (κ2) is 8.68. The molecular formula is C18H27N3O3. The zero-order valence-corrected chi connectivity index (χ0v) is 14.4. The number of nitrogens with zero attached hydrogens (tertiary/aromatic N) is 1. The maximum Gasteiger partial charge on any atom is 0.410 e. The van der Waals surface area contributed by atoms with Crippen molar-refractivity contribution in [2.75, 3.05) is 13.1 Å². The average Bonchev–Trinajstić information content (AvgIpc) is 3.06. The molecule has 0 bridgehead atoms. The molecule has 0 saturated carbocycles. The summed E-state index contributed by atoms with van der Waals surface area (Å²) < 4.78 is 5.38. The average molecular weight is 333 g/mol. The number of likely N-dealkylation sites (tertiary alicyclic amines) is 1. The number of hydrogen-bond donors (Lipinski definition) is 2. The summed E-state index contributed by atoms with van der Waals surface area (Å²) in [6, 6.07) is 9.03. The van der Waals surface area contributed by atoms with Crippen molar-refractivity contribution in [3.05, 3.63) is 35.9 Å². The maximum atomic E-state index is 12.3. The molecule has 0 spiro atoms. The van der Waals surface area contributed by atoms with E-state index in [1.165, 1.54) is 0 Å². The van der Waals surface area contributed by atoms with Gasteiger partial charge in [-0.05, 0) is 24.3 Å². The Kier molecular flexibility index (Phi) is 6.61. The van der Waals surface area contributed by atoms with Gasteiger partial charge in [0.25, 0.3) is 0 Å². The number of nitrogens with two attached hydrogens (primary N) is 1. The molecule has 1 fully saturated rings. The zero-order valence-electron chi connectivity index (χ0n) is 14.4. The Morgan fingerprint density at radius 3 is 2.71 bits per heavy atom. The van der Waals surface area contributed by atoms with E-state index in [2.05, 4.69) is 5.32 Å². The van der Waals surface area contributed by atoms with Crippen LogP contribution in [0.25, 0.3) is 0 Å². The fourth-order valence-electron chi connectivity index (χ4n) is 2.73. The maximum absolute atomic E-state index is 12.3. The van der Waals surface area contributed by atoms with Crippen molar-refractivity contribution in [1.82, 2.24) is 10.2 Å². The van der Waals surface area contributed by atoms with Crippen LogP contribution in [0.5, 0.6) is 0 Å². The van der Waals surface area contributed by atoms with E-state index in [0.29, 0.717) is 13.1 Å². The Labute approximate surface area is 143 Å². The molecule has 0 aromatic heterocycles. The molecule has 1 aliphatic rings. The minimum absolute atomic E-state index is 0.0309. The highest BCUT2D eigenvalue weighted by Crippen LogP contribution is 2.18. The molecule has 6 nitrogen and oxygen atoms in total. The Balaban J connectivity index is 1.81. The molecule has 1 aromatic carbocycles. The lowest BCUT2D eigenvalue weighted by molar-refractivity contribution is -0.123. The van der Waals surface area contributed by atoms with Gasteiger partial charge in [0.15, 0.2) is 0 Å². The minimum Gasteiger partial charge on any atom is -0.445 e. The first kappa shape index (κ1) is 18.3. The van der Waals surface area contributed by atoms with Crippen LogP contribution in [-0.4, -0.2) is 42.1 Å². The number of carbonyl (C=O) groups is 2. The van der Waals surface area contributed by atoms with Gasteiger partial charge in [0.1, 0.15) is 6.61 Å². The highest BCUT2D eigenvalue weighted by Gasteiger charge is 2.30. The van der Waals surface area contributed by atoms with Crippen LogP contribution in [0, 0.1) is 5.92 Å². The number of ether oxygens (including phenoxy) is 1. The fraction of sp³-hybridized carbons (Fsp3) is 0.556. The van der Waals surface area contributed by atoms with Crippen molar-refractivity contribution in [2.24, 2.45) is 11.7 Å². The minimum atomic E-state index is -0.523. The number of hydrogen-bond acceptors (Lipinski definition) is 4. The van der Waals surface area contributed by atoms with Crippen molar-refractivity contribution in [1.29, 1.82) is 0 Å². The predicted octanol–water partition coefficient (Wildman–Crippen LogP) is 1.89. The largest absolute Gasteiger partial charge is 0.445 e. The Bertz CT molecular complexity index is 548. The van der Waals surface area contributed by atoms with Gasteiger partial charge >= 0.3 is 6.09 Å². The first-order valence-corrected chi connectivity index (χ1v) is 8.49. The summed E-state index contributed by atoms with van der Waals surface area (Å²) in [4.78, 5) is 25.9. The number of benzene rings is 1. The lowest BCUT2D eigenvalue weighted by atomic mass is 10.0. The van der Waals surface area contributed by atoms with E-state index >= 15 is 0 Å². The Morgan fingerprint density at radius 1 is 1.33 bits per heavy atom. The quantitative estimate of drug-likeness (QED) is 0.832. The summed E-state index contributed by atoms with van der Waals surface area (Å²) >= 11 is 0. The normalized spacial score (nSPS) is 18.5. The third-order valence-electron chi connectivity index (χ3n) is 4.35. The molecule has 132 valence electrons. The van der Waals surface area contributed by atoms with Crippen LogP contribution >= 0.6 is 0 Å². The summed E-state index contributed by atoms with van der Waals surface area (Å²) in [7, 11) is 0. The van der Waals surface area contributed by atoms with E-state index in [4.69, 9.17) is 10.5 Å². The predicted molar refractivity (Wildman–Crippen MR) is 92.2 cm³/mol. The van der Waals surface area contributed by atoms with Crippen LogP contribution in [0.15, 0.2) is 30.3 Å². The van der Waals surface area contributed by atoms with Gasteiger partial charge in [0.2, 0.25) is 5.91 Å². The van der Waals surface area contributed by atoms with Crippen molar-refractivity contribution >= 4 is 12.0 Å². The molecule has 3 N–H and O–H groups in total. The molecule has 1 aliphatic heterocycles. The second-order valence-corrected chi connectivity index (χ2v) is 6.54. The molecule has 6 heteroatoms. The zero-order chi connectivity index (χ0) is 17.5. The highest BCUT2D eigenvalue weighted by atomic mass is 16.6. The second-order valence-electron chi connectivity index (χ2n) is 6.54. The van der Waals surface area contributed by atoms with Gasteiger partial charge in [0.05, 0.1) is 12.1 Å². The van der Waals surface area contributed by atoms with Gasteiger partial charge < -0.3 is 20.7 Å². The summed E-state index contributed by atoms with van der Waals surface area (Å²) in [5, 5.41) is 2.85. The van der Waals surface area contributed by atoms with Gasteiger partial charge in [0, 0.05) is 13.1 Å². The molecule has 0 aliphatic carbocycles.